The maximum Gasteiger partial charge on any atom is 0.420 e. The fourth-order valence-corrected chi connectivity index (χ4v) is 2.71. The van der Waals surface area contributed by atoms with E-state index in [9.17, 15) is 9.59 Å². The molecule has 2 amide bonds. The van der Waals surface area contributed by atoms with Gasteiger partial charge in [0.15, 0.2) is 0 Å². The SMILES string of the molecule is CCOC(=O)N1C(=O)CC2CC(I)=CC=C21. The number of carbonyl (C=O) groups excluding carboxylic acids is 2. The van der Waals surface area contributed by atoms with Crippen molar-refractivity contribution in [3.63, 3.8) is 0 Å². The molecule has 2 rings (SSSR count). The lowest BCUT2D eigenvalue weighted by atomic mass is 9.97. The summed E-state index contributed by atoms with van der Waals surface area (Å²) in [6.45, 7) is 2.02. The van der Waals surface area contributed by atoms with E-state index in [2.05, 4.69) is 22.6 Å². The number of rotatable bonds is 1. The van der Waals surface area contributed by atoms with Gasteiger partial charge in [-0.2, -0.15) is 0 Å². The Hall–Kier alpha value is -0.850. The minimum absolute atomic E-state index is 0.147. The molecule has 0 aromatic carbocycles. The lowest BCUT2D eigenvalue weighted by Crippen LogP contribution is -2.31. The molecule has 0 aromatic rings. The number of imide groups is 1. The Bertz CT molecular complexity index is 400. The van der Waals surface area contributed by atoms with E-state index in [4.69, 9.17) is 4.74 Å². The Kier molecular flexibility index (Phi) is 3.32. The molecule has 2 aliphatic rings. The van der Waals surface area contributed by atoms with Gasteiger partial charge in [0.05, 0.1) is 6.61 Å². The number of hydrogen-bond acceptors (Lipinski definition) is 3. The highest BCUT2D eigenvalue weighted by atomic mass is 127. The first-order valence-corrected chi connectivity index (χ1v) is 6.27. The zero-order valence-electron chi connectivity index (χ0n) is 8.90. The lowest BCUT2D eigenvalue weighted by molar-refractivity contribution is -0.125. The van der Waals surface area contributed by atoms with Gasteiger partial charge in [0.25, 0.3) is 0 Å². The molecule has 1 heterocycles. The highest BCUT2D eigenvalue weighted by molar-refractivity contribution is 14.1. The van der Waals surface area contributed by atoms with Crippen LogP contribution in [0.25, 0.3) is 0 Å². The van der Waals surface area contributed by atoms with Gasteiger partial charge < -0.3 is 4.74 Å². The number of allylic oxidation sites excluding steroid dienone is 4. The third kappa shape index (κ3) is 2.00. The largest absolute Gasteiger partial charge is 0.449 e. The number of fused-ring (bicyclic) bond motifs is 1. The van der Waals surface area contributed by atoms with Crippen molar-refractivity contribution in [1.82, 2.24) is 4.90 Å². The van der Waals surface area contributed by atoms with Crippen LogP contribution in [0.5, 0.6) is 0 Å². The zero-order valence-corrected chi connectivity index (χ0v) is 11.1. The summed E-state index contributed by atoms with van der Waals surface area (Å²) in [5.74, 6) is -0.0111. The maximum absolute atomic E-state index is 11.7. The molecule has 0 N–H and O–H groups in total. The van der Waals surface area contributed by atoms with Crippen molar-refractivity contribution in [3.8, 4) is 0 Å². The Morgan fingerprint density at radius 2 is 2.31 bits per heavy atom. The highest BCUT2D eigenvalue weighted by Crippen LogP contribution is 2.38. The van der Waals surface area contributed by atoms with Crippen molar-refractivity contribution < 1.29 is 14.3 Å². The lowest BCUT2D eigenvalue weighted by Gasteiger charge is -2.20. The molecule has 0 saturated carbocycles. The van der Waals surface area contributed by atoms with Crippen LogP contribution in [0.3, 0.4) is 0 Å². The van der Waals surface area contributed by atoms with Gasteiger partial charge in [-0.15, -0.1) is 0 Å². The number of hydrogen-bond donors (Lipinski definition) is 0. The van der Waals surface area contributed by atoms with E-state index >= 15 is 0 Å². The Labute approximate surface area is 107 Å². The molecule has 86 valence electrons. The third-order valence-electron chi connectivity index (χ3n) is 2.67. The van der Waals surface area contributed by atoms with Crippen LogP contribution in [0, 0.1) is 5.92 Å². The Morgan fingerprint density at radius 1 is 1.56 bits per heavy atom. The molecule has 0 spiro atoms. The predicted molar refractivity (Wildman–Crippen MR) is 66.8 cm³/mol. The molecule has 0 bridgehead atoms. The van der Waals surface area contributed by atoms with Crippen molar-refractivity contribution in [3.05, 3.63) is 21.4 Å². The molecular formula is C11H12INO3. The minimum atomic E-state index is -0.549. The second-order valence-corrected chi connectivity index (χ2v) is 5.12. The van der Waals surface area contributed by atoms with E-state index in [1.807, 2.05) is 12.2 Å². The number of amides is 2. The van der Waals surface area contributed by atoms with Crippen LogP contribution in [0.4, 0.5) is 4.79 Å². The second kappa shape index (κ2) is 4.57. The number of halogens is 1. The van der Waals surface area contributed by atoms with Crippen molar-refractivity contribution >= 4 is 34.6 Å². The Morgan fingerprint density at radius 3 is 3.00 bits per heavy atom. The van der Waals surface area contributed by atoms with Gasteiger partial charge in [0, 0.05) is 18.0 Å². The molecule has 0 radical (unpaired) electrons. The maximum atomic E-state index is 11.7. The quantitative estimate of drug-likeness (QED) is 0.693. The first-order chi connectivity index (χ1) is 7.63. The van der Waals surface area contributed by atoms with Crippen molar-refractivity contribution in [2.24, 2.45) is 5.92 Å². The van der Waals surface area contributed by atoms with Crippen LogP contribution in [0.1, 0.15) is 19.8 Å². The molecule has 0 aromatic heterocycles. The van der Waals surface area contributed by atoms with Crippen molar-refractivity contribution in [2.75, 3.05) is 6.61 Å². The fraction of sp³-hybridized carbons (Fsp3) is 0.455. The van der Waals surface area contributed by atoms with Crippen molar-refractivity contribution in [2.45, 2.75) is 19.8 Å². The molecule has 1 unspecified atom stereocenters. The molecule has 1 atom stereocenters. The smallest absolute Gasteiger partial charge is 0.420 e. The molecular weight excluding hydrogens is 321 g/mol. The van der Waals surface area contributed by atoms with Gasteiger partial charge in [-0.25, -0.2) is 9.69 Å². The third-order valence-corrected chi connectivity index (χ3v) is 3.47. The van der Waals surface area contributed by atoms with Gasteiger partial charge in [-0.05, 0) is 45.6 Å². The average molecular weight is 333 g/mol. The number of nitrogens with zero attached hydrogens (tertiary/aromatic N) is 1. The standard InChI is InChI=1S/C11H12INO3/c1-2-16-11(15)13-9-4-3-8(12)5-7(9)6-10(13)14/h3-4,7H,2,5-6H2,1H3. The summed E-state index contributed by atoms with van der Waals surface area (Å²) < 4.78 is 6.09. The van der Waals surface area contributed by atoms with Gasteiger partial charge >= 0.3 is 6.09 Å². The molecule has 1 saturated heterocycles. The summed E-state index contributed by atoms with van der Waals surface area (Å²) >= 11 is 2.25. The van der Waals surface area contributed by atoms with Crippen LogP contribution >= 0.6 is 22.6 Å². The number of likely N-dealkylation sites (tertiary alicyclic amines) is 1. The summed E-state index contributed by atoms with van der Waals surface area (Å²) in [7, 11) is 0. The van der Waals surface area contributed by atoms with E-state index in [0.717, 1.165) is 12.1 Å². The predicted octanol–water partition coefficient (Wildman–Crippen LogP) is 2.60. The molecule has 16 heavy (non-hydrogen) atoms. The van der Waals surface area contributed by atoms with E-state index < -0.39 is 6.09 Å². The van der Waals surface area contributed by atoms with E-state index in [1.165, 1.54) is 8.48 Å². The first kappa shape index (κ1) is 11.6. The van der Waals surface area contributed by atoms with Gasteiger partial charge in [-0.1, -0.05) is 6.08 Å². The monoisotopic (exact) mass is 333 g/mol. The van der Waals surface area contributed by atoms with E-state index in [-0.39, 0.29) is 18.4 Å². The van der Waals surface area contributed by atoms with Crippen LogP contribution in [-0.2, 0) is 9.53 Å². The van der Waals surface area contributed by atoms with E-state index in [0.29, 0.717) is 6.42 Å². The fourth-order valence-electron chi connectivity index (χ4n) is 2.00. The van der Waals surface area contributed by atoms with Crippen LogP contribution in [-0.4, -0.2) is 23.5 Å². The second-order valence-electron chi connectivity index (χ2n) is 3.74. The van der Waals surface area contributed by atoms with Crippen LogP contribution in [0.15, 0.2) is 21.4 Å². The number of carbonyl (C=O) groups is 2. The van der Waals surface area contributed by atoms with Gasteiger partial charge in [0.2, 0.25) is 5.91 Å². The van der Waals surface area contributed by atoms with Gasteiger partial charge in [0.1, 0.15) is 0 Å². The minimum Gasteiger partial charge on any atom is -0.449 e. The Balaban J connectivity index is 2.24. The van der Waals surface area contributed by atoms with Gasteiger partial charge in [-0.3, -0.25) is 4.79 Å². The summed E-state index contributed by atoms with van der Waals surface area (Å²) in [5, 5.41) is 0. The normalized spacial score (nSPS) is 23.8. The molecule has 4 nitrogen and oxygen atoms in total. The number of ether oxygens (including phenoxy) is 1. The molecule has 1 aliphatic carbocycles. The van der Waals surface area contributed by atoms with E-state index in [1.54, 1.807) is 6.92 Å². The van der Waals surface area contributed by atoms with Crippen LogP contribution < -0.4 is 0 Å². The molecule has 5 heteroatoms. The highest BCUT2D eigenvalue weighted by Gasteiger charge is 2.40. The summed E-state index contributed by atoms with van der Waals surface area (Å²) in [4.78, 5) is 24.5. The zero-order chi connectivity index (χ0) is 11.7. The first-order valence-electron chi connectivity index (χ1n) is 5.19. The topological polar surface area (TPSA) is 46.6 Å². The summed E-state index contributed by atoms with van der Waals surface area (Å²) in [6, 6.07) is 0. The van der Waals surface area contributed by atoms with Crippen molar-refractivity contribution in [1.29, 1.82) is 0 Å². The molecule has 1 fully saturated rings. The summed E-state index contributed by atoms with van der Waals surface area (Å²) in [6.07, 6.45) is 4.49. The molecule has 1 aliphatic heterocycles. The summed E-state index contributed by atoms with van der Waals surface area (Å²) in [5.41, 5.74) is 0.781. The van der Waals surface area contributed by atoms with Crippen LogP contribution in [0.2, 0.25) is 0 Å². The average Bonchev–Trinajstić information content (AvgIpc) is 2.53.